The Labute approximate surface area is 121 Å². The molecular formula is C16H26N2O2. The Morgan fingerprint density at radius 3 is 2.90 bits per heavy atom. The van der Waals surface area contributed by atoms with Gasteiger partial charge in [-0.2, -0.15) is 0 Å². The van der Waals surface area contributed by atoms with Crippen LogP contribution in [-0.2, 0) is 11.3 Å². The minimum absolute atomic E-state index is 0.451. The molecule has 2 rings (SSSR count). The Hall–Kier alpha value is -1.13. The van der Waals surface area contributed by atoms with Gasteiger partial charge in [-0.05, 0) is 31.9 Å². The van der Waals surface area contributed by atoms with Crippen molar-refractivity contribution in [1.29, 1.82) is 0 Å². The second-order valence-corrected chi connectivity index (χ2v) is 5.94. The summed E-state index contributed by atoms with van der Waals surface area (Å²) in [6.45, 7) is 11.6. The predicted octanol–water partition coefficient (Wildman–Crippen LogP) is 2.61. The summed E-state index contributed by atoms with van der Waals surface area (Å²) in [6.07, 6.45) is 1.09. The molecule has 1 saturated heterocycles. The molecule has 1 N–H and O–H groups in total. The van der Waals surface area contributed by atoms with Gasteiger partial charge in [0.2, 0.25) is 5.88 Å². The highest BCUT2D eigenvalue weighted by atomic mass is 16.5. The van der Waals surface area contributed by atoms with Crippen LogP contribution >= 0.6 is 0 Å². The van der Waals surface area contributed by atoms with Gasteiger partial charge in [-0.15, -0.1) is 0 Å². The van der Waals surface area contributed by atoms with Crippen molar-refractivity contribution in [3.8, 4) is 5.88 Å². The van der Waals surface area contributed by atoms with Crippen molar-refractivity contribution >= 4 is 0 Å². The molecule has 0 saturated carbocycles. The summed E-state index contributed by atoms with van der Waals surface area (Å²) >= 11 is 0. The third kappa shape index (κ3) is 4.18. The van der Waals surface area contributed by atoms with Crippen molar-refractivity contribution in [1.82, 2.24) is 10.3 Å². The van der Waals surface area contributed by atoms with Crippen LogP contribution < -0.4 is 10.1 Å². The quantitative estimate of drug-likeness (QED) is 0.868. The minimum Gasteiger partial charge on any atom is -0.477 e. The summed E-state index contributed by atoms with van der Waals surface area (Å²) in [5.74, 6) is 1.28. The van der Waals surface area contributed by atoms with Gasteiger partial charge in [0, 0.05) is 36.4 Å². The van der Waals surface area contributed by atoms with Crippen LogP contribution in [0, 0.1) is 19.8 Å². The molecule has 0 spiro atoms. The molecule has 20 heavy (non-hydrogen) atoms. The van der Waals surface area contributed by atoms with Gasteiger partial charge in [-0.3, -0.25) is 0 Å². The van der Waals surface area contributed by atoms with E-state index in [1.54, 1.807) is 0 Å². The molecule has 112 valence electrons. The maximum Gasteiger partial charge on any atom is 0.218 e. The second-order valence-electron chi connectivity index (χ2n) is 5.94. The summed E-state index contributed by atoms with van der Waals surface area (Å²) in [5.41, 5.74) is 3.42. The van der Waals surface area contributed by atoms with Gasteiger partial charge < -0.3 is 14.8 Å². The third-order valence-corrected chi connectivity index (χ3v) is 3.60. The molecular weight excluding hydrogens is 252 g/mol. The molecule has 1 aliphatic heterocycles. The van der Waals surface area contributed by atoms with Crippen molar-refractivity contribution < 1.29 is 9.47 Å². The number of ether oxygens (including phenoxy) is 2. The normalized spacial score (nSPS) is 18.8. The Kier molecular flexibility index (Phi) is 5.38. The van der Waals surface area contributed by atoms with E-state index in [4.69, 9.17) is 9.47 Å². The minimum atomic E-state index is 0.451. The van der Waals surface area contributed by atoms with Gasteiger partial charge in [0.15, 0.2) is 0 Å². The molecule has 1 aliphatic rings. The lowest BCUT2D eigenvalue weighted by Crippen LogP contribution is -2.23. The van der Waals surface area contributed by atoms with Crippen molar-refractivity contribution in [2.24, 2.45) is 5.92 Å². The Morgan fingerprint density at radius 2 is 2.25 bits per heavy atom. The first kappa shape index (κ1) is 15.3. The molecule has 4 heteroatoms. The van der Waals surface area contributed by atoms with Crippen molar-refractivity contribution in [2.45, 2.75) is 46.7 Å². The number of hydrogen-bond donors (Lipinski definition) is 1. The zero-order valence-corrected chi connectivity index (χ0v) is 13.0. The molecule has 1 atom stereocenters. The monoisotopic (exact) mass is 278 g/mol. The van der Waals surface area contributed by atoms with Crippen molar-refractivity contribution in [3.05, 3.63) is 22.9 Å². The average molecular weight is 278 g/mol. The molecule has 2 heterocycles. The van der Waals surface area contributed by atoms with Crippen LogP contribution in [-0.4, -0.2) is 30.8 Å². The molecule has 0 amide bonds. The van der Waals surface area contributed by atoms with E-state index < -0.39 is 0 Å². The van der Waals surface area contributed by atoms with Gasteiger partial charge >= 0.3 is 0 Å². The van der Waals surface area contributed by atoms with E-state index in [9.17, 15) is 0 Å². The van der Waals surface area contributed by atoms with Crippen LogP contribution in [0.25, 0.3) is 0 Å². The molecule has 1 fully saturated rings. The molecule has 1 aromatic heterocycles. The third-order valence-electron chi connectivity index (χ3n) is 3.60. The van der Waals surface area contributed by atoms with Crippen LogP contribution in [0.1, 0.15) is 37.1 Å². The van der Waals surface area contributed by atoms with Gasteiger partial charge in [0.25, 0.3) is 0 Å². The number of nitrogens with one attached hydrogen (secondary N) is 1. The lowest BCUT2D eigenvalue weighted by molar-refractivity contribution is 0.165. The van der Waals surface area contributed by atoms with E-state index in [0.29, 0.717) is 18.6 Å². The Bertz CT molecular complexity index is 440. The molecule has 4 nitrogen and oxygen atoms in total. The van der Waals surface area contributed by atoms with Gasteiger partial charge in [0.05, 0.1) is 13.2 Å². The summed E-state index contributed by atoms with van der Waals surface area (Å²) in [6, 6.07) is 2.56. The fourth-order valence-electron chi connectivity index (χ4n) is 2.38. The lowest BCUT2D eigenvalue weighted by atomic mass is 10.1. The topological polar surface area (TPSA) is 43.4 Å². The Balaban J connectivity index is 2.07. The van der Waals surface area contributed by atoms with Crippen LogP contribution in [0.3, 0.4) is 0 Å². The zero-order valence-electron chi connectivity index (χ0n) is 13.0. The second kappa shape index (κ2) is 7.04. The lowest BCUT2D eigenvalue weighted by Gasteiger charge is -2.17. The SMILES string of the molecule is Cc1cc(C)c(CNC(C)C)c(OCC2CCOC2)n1. The molecule has 0 aromatic carbocycles. The first-order chi connectivity index (χ1) is 9.56. The standard InChI is InChI=1S/C16H26N2O2/c1-11(2)17-8-15-12(3)7-13(4)18-16(15)20-10-14-5-6-19-9-14/h7,11,14,17H,5-6,8-10H2,1-4H3. The number of aromatic nitrogens is 1. The highest BCUT2D eigenvalue weighted by Crippen LogP contribution is 2.23. The first-order valence-electron chi connectivity index (χ1n) is 7.47. The number of hydrogen-bond acceptors (Lipinski definition) is 4. The summed E-state index contributed by atoms with van der Waals surface area (Å²) in [5, 5.41) is 3.45. The smallest absolute Gasteiger partial charge is 0.218 e. The van der Waals surface area contributed by atoms with Crippen LogP contribution in [0.4, 0.5) is 0 Å². The van der Waals surface area contributed by atoms with E-state index in [-0.39, 0.29) is 0 Å². The summed E-state index contributed by atoms with van der Waals surface area (Å²) < 4.78 is 11.4. The van der Waals surface area contributed by atoms with Crippen molar-refractivity contribution in [2.75, 3.05) is 19.8 Å². The molecule has 0 radical (unpaired) electrons. The van der Waals surface area contributed by atoms with Crippen LogP contribution in [0.15, 0.2) is 6.07 Å². The highest BCUT2D eigenvalue weighted by Gasteiger charge is 2.18. The van der Waals surface area contributed by atoms with Gasteiger partial charge in [0.1, 0.15) is 0 Å². The predicted molar refractivity (Wildman–Crippen MR) is 80.1 cm³/mol. The number of pyridine rings is 1. The summed E-state index contributed by atoms with van der Waals surface area (Å²) in [4.78, 5) is 4.57. The van der Waals surface area contributed by atoms with E-state index in [1.807, 2.05) is 6.92 Å². The number of rotatable bonds is 6. The fourth-order valence-corrected chi connectivity index (χ4v) is 2.38. The van der Waals surface area contributed by atoms with Crippen LogP contribution in [0.2, 0.25) is 0 Å². The van der Waals surface area contributed by atoms with E-state index in [2.05, 4.69) is 37.1 Å². The van der Waals surface area contributed by atoms with Crippen LogP contribution in [0.5, 0.6) is 5.88 Å². The summed E-state index contributed by atoms with van der Waals surface area (Å²) in [7, 11) is 0. The maximum atomic E-state index is 5.98. The van der Waals surface area contributed by atoms with Gasteiger partial charge in [-0.1, -0.05) is 13.8 Å². The molecule has 0 aliphatic carbocycles. The number of aryl methyl sites for hydroxylation is 2. The molecule has 0 bridgehead atoms. The average Bonchev–Trinajstić information content (AvgIpc) is 2.87. The zero-order chi connectivity index (χ0) is 14.5. The van der Waals surface area contributed by atoms with Crippen molar-refractivity contribution in [3.63, 3.8) is 0 Å². The highest BCUT2D eigenvalue weighted by molar-refractivity contribution is 5.35. The fraction of sp³-hybridized carbons (Fsp3) is 0.688. The van der Waals surface area contributed by atoms with E-state index in [1.165, 1.54) is 11.1 Å². The maximum absolute atomic E-state index is 5.98. The molecule has 1 unspecified atom stereocenters. The number of nitrogens with zero attached hydrogens (tertiary/aromatic N) is 1. The van der Waals surface area contributed by atoms with E-state index >= 15 is 0 Å². The largest absolute Gasteiger partial charge is 0.477 e. The van der Waals surface area contributed by atoms with E-state index in [0.717, 1.165) is 37.8 Å². The van der Waals surface area contributed by atoms with Gasteiger partial charge in [-0.25, -0.2) is 4.98 Å². The molecule has 1 aromatic rings. The Morgan fingerprint density at radius 1 is 1.45 bits per heavy atom. The first-order valence-corrected chi connectivity index (χ1v) is 7.47.